The van der Waals surface area contributed by atoms with E-state index in [2.05, 4.69) is 5.32 Å². The molecular formula is C13H19N3O4. The number of nitrogens with zero attached hydrogens (tertiary/aromatic N) is 2. The summed E-state index contributed by atoms with van der Waals surface area (Å²) in [4.78, 5) is 22.3. The molecule has 0 unspecified atom stereocenters. The summed E-state index contributed by atoms with van der Waals surface area (Å²) < 4.78 is 1.26. The molecule has 1 aromatic heterocycles. The van der Waals surface area contributed by atoms with Gasteiger partial charge in [-0.25, -0.2) is 4.57 Å². The molecule has 1 aromatic rings. The van der Waals surface area contributed by atoms with E-state index in [4.69, 9.17) is 0 Å². The molecule has 7 nitrogen and oxygen atoms in total. The summed E-state index contributed by atoms with van der Waals surface area (Å²) >= 11 is 0. The number of rotatable bonds is 5. The van der Waals surface area contributed by atoms with E-state index in [1.807, 2.05) is 0 Å². The highest BCUT2D eigenvalue weighted by Crippen LogP contribution is 2.36. The molecule has 1 fully saturated rings. The molecule has 1 amide bonds. The molecule has 110 valence electrons. The molecule has 2 N–H and O–H groups in total. The highest BCUT2D eigenvalue weighted by atomic mass is 16.6. The molecule has 20 heavy (non-hydrogen) atoms. The molecule has 2 rings (SSSR count). The van der Waals surface area contributed by atoms with Gasteiger partial charge >= 0.3 is 5.82 Å². The van der Waals surface area contributed by atoms with Crippen molar-refractivity contribution in [2.24, 2.45) is 12.5 Å². The van der Waals surface area contributed by atoms with Crippen molar-refractivity contribution < 1.29 is 14.8 Å². The second-order valence-corrected chi connectivity index (χ2v) is 5.44. The Hall–Kier alpha value is -1.89. The van der Waals surface area contributed by atoms with Gasteiger partial charge in [0, 0.05) is 18.0 Å². The lowest BCUT2D eigenvalue weighted by atomic mass is 9.87. The minimum absolute atomic E-state index is 0.0561. The maximum atomic E-state index is 12.1. The number of nitrogens with one attached hydrogen (secondary N) is 1. The van der Waals surface area contributed by atoms with Gasteiger partial charge in [-0.05, 0) is 23.8 Å². The predicted molar refractivity (Wildman–Crippen MR) is 72.4 cm³/mol. The van der Waals surface area contributed by atoms with Gasteiger partial charge in [-0.15, -0.1) is 0 Å². The second-order valence-electron chi connectivity index (χ2n) is 5.44. The first-order chi connectivity index (χ1) is 9.49. The number of aliphatic hydroxyl groups is 1. The molecule has 0 radical (unpaired) electrons. The van der Waals surface area contributed by atoms with Crippen LogP contribution in [0.15, 0.2) is 12.1 Å². The second kappa shape index (κ2) is 5.62. The number of hydrogen-bond donors (Lipinski definition) is 2. The molecule has 1 aliphatic carbocycles. The van der Waals surface area contributed by atoms with Gasteiger partial charge in [-0.2, -0.15) is 0 Å². The molecular weight excluding hydrogens is 262 g/mol. The number of hydrogen-bond acceptors (Lipinski definition) is 4. The van der Waals surface area contributed by atoms with Crippen LogP contribution in [0.3, 0.4) is 0 Å². The van der Waals surface area contributed by atoms with Gasteiger partial charge in [0.05, 0.1) is 13.7 Å². The fourth-order valence-electron chi connectivity index (χ4n) is 2.79. The van der Waals surface area contributed by atoms with Crippen molar-refractivity contribution in [2.75, 3.05) is 13.2 Å². The lowest BCUT2D eigenvalue weighted by molar-refractivity contribution is -0.391. The van der Waals surface area contributed by atoms with Crippen molar-refractivity contribution in [3.63, 3.8) is 0 Å². The Morgan fingerprint density at radius 2 is 2.15 bits per heavy atom. The summed E-state index contributed by atoms with van der Waals surface area (Å²) in [6.45, 7) is 0.460. The fraction of sp³-hybridized carbons (Fsp3) is 0.615. The monoisotopic (exact) mass is 281 g/mol. The molecule has 0 aliphatic heterocycles. The zero-order valence-corrected chi connectivity index (χ0v) is 11.5. The Bertz CT molecular complexity index is 518. The molecule has 0 aromatic carbocycles. The maximum absolute atomic E-state index is 12.1. The van der Waals surface area contributed by atoms with Gasteiger partial charge in [0.15, 0.2) is 5.69 Å². The fourth-order valence-corrected chi connectivity index (χ4v) is 2.79. The molecule has 0 spiro atoms. The summed E-state index contributed by atoms with van der Waals surface area (Å²) in [7, 11) is 1.49. The van der Waals surface area contributed by atoms with Crippen LogP contribution in [0.5, 0.6) is 0 Å². The van der Waals surface area contributed by atoms with Gasteiger partial charge in [-0.3, -0.25) is 4.79 Å². The third-order valence-electron chi connectivity index (χ3n) is 4.14. The van der Waals surface area contributed by atoms with Crippen LogP contribution in [0.4, 0.5) is 5.82 Å². The summed E-state index contributed by atoms with van der Waals surface area (Å²) in [5, 5.41) is 23.0. The third-order valence-corrected chi connectivity index (χ3v) is 4.14. The van der Waals surface area contributed by atoms with E-state index in [-0.39, 0.29) is 29.4 Å². The number of nitro groups is 1. The number of aromatic nitrogens is 1. The zero-order chi connectivity index (χ0) is 14.8. The largest absolute Gasteiger partial charge is 0.396 e. The van der Waals surface area contributed by atoms with Crippen LogP contribution in [-0.2, 0) is 7.05 Å². The van der Waals surface area contributed by atoms with Gasteiger partial charge in [0.25, 0.3) is 5.91 Å². The highest BCUT2D eigenvalue weighted by Gasteiger charge is 2.34. The zero-order valence-electron chi connectivity index (χ0n) is 11.5. The van der Waals surface area contributed by atoms with E-state index in [1.54, 1.807) is 0 Å². The molecule has 0 saturated heterocycles. The van der Waals surface area contributed by atoms with E-state index in [0.717, 1.165) is 25.7 Å². The quantitative estimate of drug-likeness (QED) is 0.626. The van der Waals surface area contributed by atoms with Gasteiger partial charge < -0.3 is 20.5 Å². The van der Waals surface area contributed by atoms with Crippen molar-refractivity contribution >= 4 is 11.7 Å². The normalized spacial score (nSPS) is 17.1. The van der Waals surface area contributed by atoms with Crippen LogP contribution < -0.4 is 5.32 Å². The number of amides is 1. The smallest absolute Gasteiger partial charge is 0.323 e. The maximum Gasteiger partial charge on any atom is 0.323 e. The number of carbonyl (C=O) groups excluding carboxylic acids is 1. The van der Waals surface area contributed by atoms with Gasteiger partial charge in [-0.1, -0.05) is 12.8 Å². The van der Waals surface area contributed by atoms with Crippen molar-refractivity contribution in [3.8, 4) is 0 Å². The van der Waals surface area contributed by atoms with Crippen LogP contribution in [0.25, 0.3) is 0 Å². The average Bonchev–Trinajstić information content (AvgIpc) is 3.03. The summed E-state index contributed by atoms with van der Waals surface area (Å²) in [6.07, 6.45) is 3.92. The Kier molecular flexibility index (Phi) is 4.08. The van der Waals surface area contributed by atoms with Crippen LogP contribution in [0, 0.1) is 15.5 Å². The Labute approximate surface area is 116 Å². The van der Waals surface area contributed by atoms with Crippen LogP contribution in [-0.4, -0.2) is 33.7 Å². The van der Waals surface area contributed by atoms with Crippen molar-refractivity contribution in [2.45, 2.75) is 25.7 Å². The van der Waals surface area contributed by atoms with Crippen LogP contribution in [0.1, 0.15) is 36.2 Å². The molecule has 0 bridgehead atoms. The van der Waals surface area contributed by atoms with Crippen LogP contribution >= 0.6 is 0 Å². The van der Waals surface area contributed by atoms with E-state index in [9.17, 15) is 20.0 Å². The predicted octanol–water partition coefficient (Wildman–Crippen LogP) is 1.22. The Morgan fingerprint density at radius 3 is 2.65 bits per heavy atom. The van der Waals surface area contributed by atoms with Crippen molar-refractivity contribution in [3.05, 3.63) is 27.9 Å². The van der Waals surface area contributed by atoms with E-state index >= 15 is 0 Å². The first-order valence-electron chi connectivity index (χ1n) is 6.68. The number of aliphatic hydroxyl groups excluding tert-OH is 1. The summed E-state index contributed by atoms with van der Waals surface area (Å²) in [5.74, 6) is -0.465. The van der Waals surface area contributed by atoms with Crippen molar-refractivity contribution in [1.29, 1.82) is 0 Å². The molecule has 0 atom stereocenters. The Balaban J connectivity index is 2.03. The first-order valence-corrected chi connectivity index (χ1v) is 6.68. The SMILES string of the molecule is Cn1c(C(=O)NCC2(CO)CCCC2)ccc1[N+](=O)[O-]. The highest BCUT2D eigenvalue weighted by molar-refractivity contribution is 5.93. The standard InChI is InChI=1S/C13H19N3O4/c1-15-10(4-5-11(15)16(19)20)12(18)14-8-13(9-17)6-2-3-7-13/h4-5,17H,2-3,6-9H2,1H3,(H,14,18). The summed E-state index contributed by atoms with van der Waals surface area (Å²) in [6, 6.07) is 2.75. The minimum atomic E-state index is -0.525. The summed E-state index contributed by atoms with van der Waals surface area (Å²) in [5.41, 5.74) is 0.0232. The topological polar surface area (TPSA) is 97.4 Å². The average molecular weight is 281 g/mol. The molecule has 1 aliphatic rings. The first kappa shape index (κ1) is 14.5. The molecule has 1 saturated carbocycles. The number of carbonyl (C=O) groups is 1. The lowest BCUT2D eigenvalue weighted by Gasteiger charge is -2.26. The molecule has 7 heteroatoms. The van der Waals surface area contributed by atoms with E-state index in [1.165, 1.54) is 23.7 Å². The minimum Gasteiger partial charge on any atom is -0.396 e. The third kappa shape index (κ3) is 2.67. The lowest BCUT2D eigenvalue weighted by Crippen LogP contribution is -2.38. The van der Waals surface area contributed by atoms with Gasteiger partial charge in [0.1, 0.15) is 0 Å². The Morgan fingerprint density at radius 1 is 1.50 bits per heavy atom. The molecule has 1 heterocycles. The van der Waals surface area contributed by atoms with Crippen molar-refractivity contribution in [1.82, 2.24) is 9.88 Å². The van der Waals surface area contributed by atoms with E-state index < -0.39 is 4.92 Å². The van der Waals surface area contributed by atoms with Gasteiger partial charge in [0.2, 0.25) is 0 Å². The van der Waals surface area contributed by atoms with E-state index in [0.29, 0.717) is 6.54 Å². The van der Waals surface area contributed by atoms with Crippen LogP contribution in [0.2, 0.25) is 0 Å².